The van der Waals surface area contributed by atoms with Crippen molar-refractivity contribution in [2.45, 2.75) is 26.2 Å². The van der Waals surface area contributed by atoms with E-state index in [1.165, 1.54) is 24.2 Å². The van der Waals surface area contributed by atoms with Gasteiger partial charge in [-0.25, -0.2) is 4.98 Å². The van der Waals surface area contributed by atoms with Crippen LogP contribution >= 0.6 is 23.7 Å². The highest BCUT2D eigenvalue weighted by Gasteiger charge is 2.22. The van der Waals surface area contributed by atoms with Crippen LogP contribution in [0.15, 0.2) is 36.5 Å². The molecule has 1 amide bonds. The van der Waals surface area contributed by atoms with Crippen molar-refractivity contribution in [3.05, 3.63) is 36.5 Å². The predicted octanol–water partition coefficient (Wildman–Crippen LogP) is 4.20. The second kappa shape index (κ2) is 9.16. The summed E-state index contributed by atoms with van der Waals surface area (Å²) >= 11 is 1.52. The predicted molar refractivity (Wildman–Crippen MR) is 103 cm³/mol. The number of hydrogen-bond acceptors (Lipinski definition) is 4. The number of halogens is 1. The van der Waals surface area contributed by atoms with Crippen LogP contribution in [0.5, 0.6) is 0 Å². The van der Waals surface area contributed by atoms with Gasteiger partial charge >= 0.3 is 0 Å². The summed E-state index contributed by atoms with van der Waals surface area (Å²) in [6, 6.07) is 10.1. The third-order valence-corrected chi connectivity index (χ3v) is 5.42. The molecule has 2 heterocycles. The first kappa shape index (κ1) is 18.9. The number of benzene rings is 1. The lowest BCUT2D eigenvalue weighted by molar-refractivity contribution is -0.117. The van der Waals surface area contributed by atoms with Gasteiger partial charge in [-0.05, 0) is 43.3 Å². The topological polar surface area (TPSA) is 54.0 Å². The Morgan fingerprint density at radius 1 is 1.42 bits per heavy atom. The molecule has 0 radical (unpaired) electrons. The molecule has 0 aliphatic carbocycles. The Morgan fingerprint density at radius 3 is 2.92 bits per heavy atom. The Bertz CT molecular complexity index is 641. The monoisotopic (exact) mass is 365 g/mol. The molecule has 0 spiro atoms. The minimum Gasteiger partial charge on any atom is -0.316 e. The fraction of sp³-hybridized carbons (Fsp3) is 0.444. The third kappa shape index (κ3) is 5.03. The van der Waals surface area contributed by atoms with E-state index < -0.39 is 0 Å². The smallest absolute Gasteiger partial charge is 0.226 e. The maximum atomic E-state index is 12.2. The molecule has 1 aliphatic heterocycles. The highest BCUT2D eigenvalue weighted by atomic mass is 35.5. The van der Waals surface area contributed by atoms with Gasteiger partial charge < -0.3 is 10.6 Å². The van der Waals surface area contributed by atoms with E-state index >= 15 is 0 Å². The van der Waals surface area contributed by atoms with Gasteiger partial charge in [0.1, 0.15) is 0 Å². The summed E-state index contributed by atoms with van der Waals surface area (Å²) in [6.07, 6.45) is 4.82. The molecule has 0 saturated carbocycles. The lowest BCUT2D eigenvalue weighted by Crippen LogP contribution is -2.34. The molecule has 2 unspecified atom stereocenters. The molecular formula is C18H24ClN3OS. The van der Waals surface area contributed by atoms with Gasteiger partial charge in [-0.2, -0.15) is 0 Å². The molecule has 24 heavy (non-hydrogen) atoms. The maximum Gasteiger partial charge on any atom is 0.226 e. The fourth-order valence-corrected chi connectivity index (χ4v) is 3.90. The zero-order valence-electron chi connectivity index (χ0n) is 13.8. The maximum absolute atomic E-state index is 12.2. The highest BCUT2D eigenvalue weighted by Crippen LogP contribution is 2.29. The lowest BCUT2D eigenvalue weighted by Gasteiger charge is -2.27. The summed E-state index contributed by atoms with van der Waals surface area (Å²) < 4.78 is 0. The van der Waals surface area contributed by atoms with Gasteiger partial charge in [-0.15, -0.1) is 12.4 Å². The van der Waals surface area contributed by atoms with E-state index in [9.17, 15) is 4.79 Å². The summed E-state index contributed by atoms with van der Waals surface area (Å²) in [4.78, 5) is 17.6. The number of piperidine rings is 1. The summed E-state index contributed by atoms with van der Waals surface area (Å²) in [5, 5.41) is 7.05. The Labute approximate surface area is 153 Å². The standard InChI is InChI=1S/C18H23N3OS.ClH/c1-13(15-8-5-9-19-11-15)10-17(22)21-18-20-12-16(23-18)14-6-3-2-4-7-14;/h2-4,6-7,12-13,15,19H,5,8-11H2,1H3,(H,20,21,22);1H. The van der Waals surface area contributed by atoms with Crippen LogP contribution in [0.3, 0.4) is 0 Å². The molecular weight excluding hydrogens is 342 g/mol. The molecule has 130 valence electrons. The molecule has 1 aromatic heterocycles. The minimum absolute atomic E-state index is 0. The van der Waals surface area contributed by atoms with Crippen molar-refractivity contribution in [1.29, 1.82) is 0 Å². The quantitative estimate of drug-likeness (QED) is 0.835. The molecule has 3 rings (SSSR count). The summed E-state index contributed by atoms with van der Waals surface area (Å²) in [6.45, 7) is 4.31. The average molecular weight is 366 g/mol. The van der Waals surface area contributed by atoms with Crippen molar-refractivity contribution in [2.24, 2.45) is 11.8 Å². The van der Waals surface area contributed by atoms with Gasteiger partial charge in [0.15, 0.2) is 5.13 Å². The van der Waals surface area contributed by atoms with E-state index in [4.69, 9.17) is 0 Å². The van der Waals surface area contributed by atoms with Gasteiger partial charge in [0.25, 0.3) is 0 Å². The van der Waals surface area contributed by atoms with Crippen molar-refractivity contribution >= 4 is 34.8 Å². The zero-order valence-corrected chi connectivity index (χ0v) is 15.5. The summed E-state index contributed by atoms with van der Waals surface area (Å²) in [7, 11) is 0. The lowest BCUT2D eigenvalue weighted by atomic mass is 9.85. The number of carbonyl (C=O) groups is 1. The van der Waals surface area contributed by atoms with Crippen LogP contribution in [-0.4, -0.2) is 24.0 Å². The first-order chi connectivity index (χ1) is 11.2. The average Bonchev–Trinajstić information content (AvgIpc) is 3.04. The minimum atomic E-state index is 0. The van der Waals surface area contributed by atoms with Gasteiger partial charge in [0, 0.05) is 12.6 Å². The van der Waals surface area contributed by atoms with E-state index in [0.29, 0.717) is 23.4 Å². The number of carbonyl (C=O) groups excluding carboxylic acids is 1. The third-order valence-electron chi connectivity index (χ3n) is 4.46. The number of rotatable bonds is 5. The van der Waals surface area contributed by atoms with Crippen LogP contribution in [0.4, 0.5) is 5.13 Å². The molecule has 0 bridgehead atoms. The van der Waals surface area contributed by atoms with Gasteiger partial charge in [0.05, 0.1) is 4.88 Å². The van der Waals surface area contributed by atoms with Gasteiger partial charge in [-0.1, -0.05) is 48.6 Å². The van der Waals surface area contributed by atoms with Crippen molar-refractivity contribution in [3.8, 4) is 10.4 Å². The van der Waals surface area contributed by atoms with E-state index in [0.717, 1.165) is 23.5 Å². The molecule has 2 N–H and O–H groups in total. The van der Waals surface area contributed by atoms with E-state index in [-0.39, 0.29) is 18.3 Å². The van der Waals surface area contributed by atoms with E-state index in [2.05, 4.69) is 34.7 Å². The second-order valence-electron chi connectivity index (χ2n) is 6.23. The van der Waals surface area contributed by atoms with Gasteiger partial charge in [0.2, 0.25) is 5.91 Å². The number of aromatic nitrogens is 1. The van der Waals surface area contributed by atoms with Crippen LogP contribution in [0, 0.1) is 11.8 Å². The van der Waals surface area contributed by atoms with Crippen LogP contribution < -0.4 is 10.6 Å². The van der Waals surface area contributed by atoms with Crippen molar-refractivity contribution in [1.82, 2.24) is 10.3 Å². The molecule has 1 aliphatic rings. The normalized spacial score (nSPS) is 18.5. The molecule has 4 nitrogen and oxygen atoms in total. The number of anilines is 1. The van der Waals surface area contributed by atoms with Crippen LogP contribution in [0.2, 0.25) is 0 Å². The fourth-order valence-electron chi connectivity index (χ4n) is 3.06. The van der Waals surface area contributed by atoms with Gasteiger partial charge in [-0.3, -0.25) is 4.79 Å². The second-order valence-corrected chi connectivity index (χ2v) is 7.26. The Kier molecular flexibility index (Phi) is 7.21. The van der Waals surface area contributed by atoms with Crippen LogP contribution in [-0.2, 0) is 4.79 Å². The van der Waals surface area contributed by atoms with Crippen molar-refractivity contribution in [2.75, 3.05) is 18.4 Å². The first-order valence-corrected chi connectivity index (χ1v) is 9.06. The summed E-state index contributed by atoms with van der Waals surface area (Å²) in [5.41, 5.74) is 1.13. The molecule has 1 fully saturated rings. The Hall–Kier alpha value is -1.43. The number of nitrogens with zero attached hydrogens (tertiary/aromatic N) is 1. The van der Waals surface area contributed by atoms with E-state index in [1.807, 2.05) is 24.4 Å². The number of amides is 1. The zero-order chi connectivity index (χ0) is 16.1. The number of nitrogens with one attached hydrogen (secondary N) is 2. The molecule has 2 aromatic rings. The van der Waals surface area contributed by atoms with Crippen LogP contribution in [0.25, 0.3) is 10.4 Å². The largest absolute Gasteiger partial charge is 0.316 e. The number of hydrogen-bond donors (Lipinski definition) is 2. The Balaban J connectivity index is 0.00000208. The van der Waals surface area contributed by atoms with Crippen molar-refractivity contribution < 1.29 is 4.79 Å². The van der Waals surface area contributed by atoms with Crippen LogP contribution in [0.1, 0.15) is 26.2 Å². The van der Waals surface area contributed by atoms with E-state index in [1.54, 1.807) is 0 Å². The highest BCUT2D eigenvalue weighted by molar-refractivity contribution is 7.19. The molecule has 2 atom stereocenters. The van der Waals surface area contributed by atoms with Crippen molar-refractivity contribution in [3.63, 3.8) is 0 Å². The first-order valence-electron chi connectivity index (χ1n) is 8.24. The number of thiazole rings is 1. The summed E-state index contributed by atoms with van der Waals surface area (Å²) in [5.74, 6) is 1.07. The molecule has 1 saturated heterocycles. The SMILES string of the molecule is CC(CC(=O)Nc1ncc(-c2ccccc2)s1)C1CCCNC1.Cl. The Morgan fingerprint density at radius 2 is 2.21 bits per heavy atom. The molecule has 1 aromatic carbocycles. The molecule has 6 heteroatoms.